The summed E-state index contributed by atoms with van der Waals surface area (Å²) in [5.41, 5.74) is 0.929. The van der Waals surface area contributed by atoms with Gasteiger partial charge in [0.05, 0.1) is 18.3 Å². The first-order valence-corrected chi connectivity index (χ1v) is 6.42. The predicted octanol–water partition coefficient (Wildman–Crippen LogP) is 3.08. The monoisotopic (exact) mass is 222 g/mol. The van der Waals surface area contributed by atoms with E-state index in [-0.39, 0.29) is 0 Å². The quantitative estimate of drug-likeness (QED) is 0.853. The van der Waals surface area contributed by atoms with Crippen molar-refractivity contribution in [3.05, 3.63) is 18.0 Å². The molecule has 3 unspecified atom stereocenters. The molecule has 3 heteroatoms. The Bertz CT molecular complexity index is 332. The maximum Gasteiger partial charge on any atom is 0.0792 e. The first kappa shape index (κ1) is 11.6. The fraction of sp³-hybridized carbons (Fsp3) is 0.769. The van der Waals surface area contributed by atoms with Crippen LogP contribution >= 0.6 is 0 Å². The van der Waals surface area contributed by atoms with Crippen LogP contribution in [-0.2, 0) is 0 Å². The normalized spacial score (nSPS) is 27.9. The molecule has 0 aliphatic heterocycles. The van der Waals surface area contributed by atoms with Crippen molar-refractivity contribution in [3.8, 4) is 0 Å². The van der Waals surface area contributed by atoms with Gasteiger partial charge >= 0.3 is 0 Å². The highest BCUT2D eigenvalue weighted by molar-refractivity contribution is 5.07. The van der Waals surface area contributed by atoms with Gasteiger partial charge in [0.15, 0.2) is 0 Å². The maximum atomic E-state index is 9.48. The third-order valence-corrected chi connectivity index (χ3v) is 3.81. The van der Waals surface area contributed by atoms with Crippen LogP contribution in [0.3, 0.4) is 0 Å². The third-order valence-electron chi connectivity index (χ3n) is 3.81. The molecule has 1 aliphatic carbocycles. The molecule has 90 valence electrons. The van der Waals surface area contributed by atoms with Gasteiger partial charge in [-0.1, -0.05) is 26.2 Å². The molecule has 2 rings (SSSR count). The largest absolute Gasteiger partial charge is 0.389 e. The SMILES string of the molecule is CCC1CCCC(n2cc(C(C)O)cn2)C1. The van der Waals surface area contributed by atoms with Crippen molar-refractivity contribution in [2.24, 2.45) is 5.92 Å². The van der Waals surface area contributed by atoms with Crippen LogP contribution in [-0.4, -0.2) is 14.9 Å². The standard InChI is InChI=1S/C13H22N2O/c1-3-11-5-4-6-13(7-11)15-9-12(8-14-15)10(2)16/h8-11,13,16H,3-7H2,1-2H3. The number of aliphatic hydroxyl groups is 1. The lowest BCUT2D eigenvalue weighted by atomic mass is 9.84. The number of nitrogens with zero attached hydrogens (tertiary/aromatic N) is 2. The summed E-state index contributed by atoms with van der Waals surface area (Å²) in [4.78, 5) is 0. The number of rotatable bonds is 3. The topological polar surface area (TPSA) is 38.0 Å². The van der Waals surface area contributed by atoms with Gasteiger partial charge in [-0.2, -0.15) is 5.10 Å². The van der Waals surface area contributed by atoms with Crippen LogP contribution in [0.5, 0.6) is 0 Å². The third kappa shape index (κ3) is 2.46. The Morgan fingerprint density at radius 3 is 3.00 bits per heavy atom. The zero-order chi connectivity index (χ0) is 11.5. The van der Waals surface area contributed by atoms with Crippen molar-refractivity contribution < 1.29 is 5.11 Å². The van der Waals surface area contributed by atoms with Crippen molar-refractivity contribution in [2.75, 3.05) is 0 Å². The Balaban J connectivity index is 2.05. The summed E-state index contributed by atoms with van der Waals surface area (Å²) >= 11 is 0. The van der Waals surface area contributed by atoms with E-state index in [1.54, 1.807) is 13.1 Å². The zero-order valence-electron chi connectivity index (χ0n) is 10.3. The van der Waals surface area contributed by atoms with Crippen LogP contribution in [0.4, 0.5) is 0 Å². The van der Waals surface area contributed by atoms with E-state index in [4.69, 9.17) is 0 Å². The minimum atomic E-state index is -0.403. The Morgan fingerprint density at radius 1 is 1.56 bits per heavy atom. The highest BCUT2D eigenvalue weighted by Gasteiger charge is 2.22. The number of hydrogen-bond donors (Lipinski definition) is 1. The van der Waals surface area contributed by atoms with Gasteiger partial charge in [-0.05, 0) is 25.7 Å². The van der Waals surface area contributed by atoms with Crippen molar-refractivity contribution >= 4 is 0 Å². The molecule has 1 fully saturated rings. The maximum absolute atomic E-state index is 9.48. The molecule has 3 atom stereocenters. The van der Waals surface area contributed by atoms with Crippen LogP contribution in [0.15, 0.2) is 12.4 Å². The van der Waals surface area contributed by atoms with E-state index in [0.29, 0.717) is 6.04 Å². The van der Waals surface area contributed by atoms with Crippen molar-refractivity contribution in [1.29, 1.82) is 0 Å². The van der Waals surface area contributed by atoms with E-state index >= 15 is 0 Å². The molecule has 1 aromatic rings. The number of hydrogen-bond acceptors (Lipinski definition) is 2. The van der Waals surface area contributed by atoms with Gasteiger partial charge in [0, 0.05) is 11.8 Å². The summed E-state index contributed by atoms with van der Waals surface area (Å²) < 4.78 is 2.06. The first-order chi connectivity index (χ1) is 7.70. The summed E-state index contributed by atoms with van der Waals surface area (Å²) in [5, 5.41) is 13.9. The van der Waals surface area contributed by atoms with Gasteiger partial charge in [-0.25, -0.2) is 0 Å². The molecule has 3 nitrogen and oxygen atoms in total. The van der Waals surface area contributed by atoms with Gasteiger partial charge in [0.2, 0.25) is 0 Å². The fourth-order valence-electron chi connectivity index (χ4n) is 2.64. The summed E-state index contributed by atoms with van der Waals surface area (Å²) in [6, 6.07) is 0.547. The Kier molecular flexibility index (Phi) is 3.64. The van der Waals surface area contributed by atoms with Gasteiger partial charge in [0.1, 0.15) is 0 Å². The Morgan fingerprint density at radius 2 is 2.38 bits per heavy atom. The zero-order valence-corrected chi connectivity index (χ0v) is 10.3. The molecular formula is C13H22N2O. The Hall–Kier alpha value is -0.830. The van der Waals surface area contributed by atoms with E-state index in [0.717, 1.165) is 11.5 Å². The summed E-state index contributed by atoms with van der Waals surface area (Å²) in [7, 11) is 0. The van der Waals surface area contributed by atoms with Crippen molar-refractivity contribution in [1.82, 2.24) is 9.78 Å². The van der Waals surface area contributed by atoms with E-state index in [2.05, 4.69) is 16.7 Å². The van der Waals surface area contributed by atoms with Crippen molar-refractivity contribution in [3.63, 3.8) is 0 Å². The lowest BCUT2D eigenvalue weighted by Gasteiger charge is -2.28. The fourth-order valence-corrected chi connectivity index (χ4v) is 2.64. The van der Waals surface area contributed by atoms with E-state index in [1.807, 2.05) is 6.20 Å². The molecule has 1 saturated carbocycles. The van der Waals surface area contributed by atoms with Gasteiger partial charge in [0.25, 0.3) is 0 Å². The molecule has 1 N–H and O–H groups in total. The molecule has 0 amide bonds. The average molecular weight is 222 g/mol. The van der Waals surface area contributed by atoms with E-state index in [9.17, 15) is 5.11 Å². The van der Waals surface area contributed by atoms with Crippen LogP contribution in [0.2, 0.25) is 0 Å². The second-order valence-electron chi connectivity index (χ2n) is 5.02. The first-order valence-electron chi connectivity index (χ1n) is 6.42. The smallest absolute Gasteiger partial charge is 0.0792 e. The molecule has 1 aromatic heterocycles. The van der Waals surface area contributed by atoms with Crippen molar-refractivity contribution in [2.45, 2.75) is 58.1 Å². The lowest BCUT2D eigenvalue weighted by molar-refractivity contribution is 0.198. The minimum absolute atomic E-state index is 0.403. The van der Waals surface area contributed by atoms with Crippen LogP contribution in [0.1, 0.15) is 63.7 Å². The van der Waals surface area contributed by atoms with Gasteiger partial charge in [-0.3, -0.25) is 4.68 Å². The highest BCUT2D eigenvalue weighted by Crippen LogP contribution is 2.34. The predicted molar refractivity (Wildman–Crippen MR) is 64.1 cm³/mol. The van der Waals surface area contributed by atoms with Crippen LogP contribution < -0.4 is 0 Å². The number of aromatic nitrogens is 2. The molecular weight excluding hydrogens is 200 g/mol. The molecule has 0 radical (unpaired) electrons. The van der Waals surface area contributed by atoms with Crippen LogP contribution in [0.25, 0.3) is 0 Å². The van der Waals surface area contributed by atoms with Gasteiger partial charge in [-0.15, -0.1) is 0 Å². The second-order valence-corrected chi connectivity index (χ2v) is 5.02. The summed E-state index contributed by atoms with van der Waals surface area (Å²) in [6.07, 6.45) is 9.84. The molecule has 1 heterocycles. The second kappa shape index (κ2) is 5.00. The Labute approximate surface area is 97.5 Å². The molecule has 16 heavy (non-hydrogen) atoms. The van der Waals surface area contributed by atoms with Crippen LogP contribution in [0, 0.1) is 5.92 Å². The molecule has 1 aliphatic rings. The summed E-state index contributed by atoms with van der Waals surface area (Å²) in [6.45, 7) is 4.06. The average Bonchev–Trinajstić information content (AvgIpc) is 2.78. The number of aliphatic hydroxyl groups excluding tert-OH is 1. The molecule has 0 aromatic carbocycles. The molecule has 0 spiro atoms. The van der Waals surface area contributed by atoms with E-state index in [1.165, 1.54) is 32.1 Å². The molecule has 0 bridgehead atoms. The van der Waals surface area contributed by atoms with E-state index < -0.39 is 6.10 Å². The lowest BCUT2D eigenvalue weighted by Crippen LogP contribution is -2.19. The molecule has 0 saturated heterocycles. The minimum Gasteiger partial charge on any atom is -0.389 e. The summed E-state index contributed by atoms with van der Waals surface area (Å²) in [5.74, 6) is 0.859. The van der Waals surface area contributed by atoms with Gasteiger partial charge < -0.3 is 5.11 Å². The highest BCUT2D eigenvalue weighted by atomic mass is 16.3.